The number of anilines is 6. The average Bonchev–Trinajstić information content (AvgIpc) is 3.45. The Bertz CT molecular complexity index is 2580. The van der Waals surface area contributed by atoms with Gasteiger partial charge in [0.1, 0.15) is 0 Å². The fraction of sp³-hybridized carbons (Fsp3) is 0.186. The third-order valence-electron chi connectivity index (χ3n) is 8.88. The van der Waals surface area contributed by atoms with E-state index in [2.05, 4.69) is 68.6 Å². The maximum absolute atomic E-state index is 12.2. The normalized spacial score (nSPS) is 11.7. The second-order valence-electron chi connectivity index (χ2n) is 12.5. The Morgan fingerprint density at radius 1 is 0.627 bits per heavy atom. The molecule has 302 valence electrons. The second kappa shape index (κ2) is 19.0. The molecule has 0 aliphatic carbocycles. The van der Waals surface area contributed by atoms with Gasteiger partial charge < -0.3 is 40.2 Å². The number of hydrogen-bond donors (Lipinski definition) is 4. The molecule has 0 radical (unpaired) electrons. The largest absolute Gasteiger partial charge is 0.493 e. The van der Waals surface area contributed by atoms with Crippen molar-refractivity contribution in [2.75, 3.05) is 49.7 Å². The highest BCUT2D eigenvalue weighted by Gasteiger charge is 2.23. The molecule has 15 nitrogen and oxygen atoms in total. The zero-order valence-electron chi connectivity index (χ0n) is 31.1. The number of hydrogen-bond acceptors (Lipinski definition) is 12. The predicted molar refractivity (Wildman–Crippen MR) is 238 cm³/mol. The number of carbonyl (C=O) groups is 2. The number of methoxy groups -OCH3 is 4. The summed E-state index contributed by atoms with van der Waals surface area (Å²) in [5.41, 5.74) is 7.78. The molecule has 0 fully saturated rings. The van der Waals surface area contributed by atoms with Gasteiger partial charge in [-0.05, 0) is 71.1 Å². The summed E-state index contributed by atoms with van der Waals surface area (Å²) >= 11 is 2.22. The van der Waals surface area contributed by atoms with E-state index in [0.29, 0.717) is 52.0 Å². The number of nitrogens with one attached hydrogen (secondary N) is 4. The molecule has 0 unspecified atom stereocenters. The Hall–Kier alpha value is -7.00. The van der Waals surface area contributed by atoms with Crippen LogP contribution in [-0.2, 0) is 22.4 Å². The highest BCUT2D eigenvalue weighted by Crippen LogP contribution is 2.38. The molecule has 16 heteroatoms. The zero-order valence-corrected chi connectivity index (χ0v) is 33.2. The van der Waals surface area contributed by atoms with Gasteiger partial charge in [0.15, 0.2) is 28.7 Å². The Labute approximate surface area is 355 Å². The molecule has 0 bridgehead atoms. The maximum Gasteiger partial charge on any atom is 0.228 e. The number of rotatable bonds is 8. The first-order chi connectivity index (χ1) is 27.7. The number of ether oxygens (including phenoxy) is 4. The molecule has 4 heterocycles. The number of aromatic nitrogens is 4. The Morgan fingerprint density at radius 3 is 1.54 bits per heavy atom. The molecule has 2 amide bonds. The van der Waals surface area contributed by atoms with Crippen LogP contribution in [0.3, 0.4) is 0 Å². The maximum atomic E-state index is 12.2. The van der Waals surface area contributed by atoms with Crippen molar-refractivity contribution in [1.29, 1.82) is 0 Å². The smallest absolute Gasteiger partial charge is 0.228 e. The highest BCUT2D eigenvalue weighted by molar-refractivity contribution is 14.1. The van der Waals surface area contributed by atoms with Crippen molar-refractivity contribution >= 4 is 74.7 Å². The van der Waals surface area contributed by atoms with Gasteiger partial charge in [-0.15, -0.1) is 0 Å². The van der Waals surface area contributed by atoms with Crippen LogP contribution in [0.4, 0.5) is 40.3 Å². The molecule has 8 rings (SSSR count). The van der Waals surface area contributed by atoms with Crippen LogP contribution in [0.2, 0.25) is 0 Å². The predicted octanol–water partition coefficient (Wildman–Crippen LogP) is 9.23. The minimum atomic E-state index is -0.170. The zero-order chi connectivity index (χ0) is 40.1. The molecule has 0 saturated heterocycles. The second-order valence-corrected chi connectivity index (χ2v) is 13.8. The van der Waals surface area contributed by atoms with Crippen LogP contribution in [0.1, 0.15) is 26.0 Å². The molecule has 4 aromatic carbocycles. The minimum Gasteiger partial charge on any atom is -0.493 e. The number of carbonyl (C=O) groups excluding carboxylic acids is 2. The lowest BCUT2D eigenvalue weighted by Crippen LogP contribution is -2.12. The first-order valence-electron chi connectivity index (χ1n) is 17.3. The summed E-state index contributed by atoms with van der Waals surface area (Å²) < 4.78 is 22.2. The van der Waals surface area contributed by atoms with Crippen LogP contribution in [0.25, 0.3) is 27.4 Å². The number of benzene rings is 4. The molecular weight excluding hydrogens is 865 g/mol. The lowest BCUT2D eigenvalue weighted by atomic mass is 10.0. The molecule has 4 N–H and O–H groups in total. The van der Waals surface area contributed by atoms with Gasteiger partial charge in [-0.2, -0.15) is 0 Å². The minimum absolute atomic E-state index is 0. The van der Waals surface area contributed by atoms with E-state index in [1.54, 1.807) is 71.2 Å². The van der Waals surface area contributed by atoms with Crippen molar-refractivity contribution in [1.82, 2.24) is 19.9 Å². The summed E-state index contributed by atoms with van der Waals surface area (Å²) in [4.78, 5) is 45.9. The summed E-state index contributed by atoms with van der Waals surface area (Å²) in [5, 5.41) is 12.1. The molecule has 59 heavy (non-hydrogen) atoms. The standard InChI is InChI=1S/C21H17N5O3.C20H17IN4O3.2CH4/c1-22-13-4-6-15-16(9-13)25-19(27)8-12-11-23-21(26-20(12)15)24-14-5-7-17(28-2)18(10-14)29-3;1-27-16-6-4-13(9-17(16)28-2)23-20-22-10-11-7-18(26)24-15-8-12(21)3-5-14(15)19(11)25-20;;/h4-7,9-11H,8H2,2-3H3,(H,25,27)(H,23,24,26);3-6,8-10H,7H2,1-2H3,(H,24,26)(H,22,23,25);2*1H4. The van der Waals surface area contributed by atoms with E-state index in [1.807, 2.05) is 42.5 Å². The lowest BCUT2D eigenvalue weighted by molar-refractivity contribution is -0.116. The molecular formula is C43H42IN9O6. The van der Waals surface area contributed by atoms with Crippen LogP contribution in [-0.4, -0.2) is 60.2 Å². The number of halogens is 1. The number of fused-ring (bicyclic) bond motifs is 6. The Balaban J connectivity index is 0.000000217. The van der Waals surface area contributed by atoms with Crippen LogP contribution in [0.15, 0.2) is 85.2 Å². The molecule has 0 saturated carbocycles. The van der Waals surface area contributed by atoms with Crippen LogP contribution >= 0.6 is 22.6 Å². The molecule has 6 aromatic rings. The van der Waals surface area contributed by atoms with E-state index >= 15 is 0 Å². The molecule has 2 aliphatic rings. The van der Waals surface area contributed by atoms with Gasteiger partial charge >= 0.3 is 0 Å². The Kier molecular flexibility index (Phi) is 13.9. The van der Waals surface area contributed by atoms with E-state index in [9.17, 15) is 9.59 Å². The fourth-order valence-corrected chi connectivity index (χ4v) is 6.71. The van der Waals surface area contributed by atoms with Gasteiger partial charge in [0, 0.05) is 67.4 Å². The summed E-state index contributed by atoms with van der Waals surface area (Å²) in [6.45, 7) is 7.19. The lowest BCUT2D eigenvalue weighted by Gasteiger charge is -2.12. The van der Waals surface area contributed by atoms with Gasteiger partial charge in [-0.3, -0.25) is 9.59 Å². The van der Waals surface area contributed by atoms with Crippen molar-refractivity contribution in [3.05, 3.63) is 111 Å². The van der Waals surface area contributed by atoms with Gasteiger partial charge in [0.05, 0.1) is 64.9 Å². The molecule has 0 spiro atoms. The number of amides is 2. The van der Waals surface area contributed by atoms with E-state index in [1.165, 1.54) is 0 Å². The van der Waals surface area contributed by atoms with Gasteiger partial charge in [0.25, 0.3) is 0 Å². The third-order valence-corrected chi connectivity index (χ3v) is 9.55. The monoisotopic (exact) mass is 907 g/mol. The van der Waals surface area contributed by atoms with E-state index in [0.717, 1.165) is 48.6 Å². The van der Waals surface area contributed by atoms with Crippen molar-refractivity contribution in [2.45, 2.75) is 27.7 Å². The SMILES string of the molecule is C.C.COc1ccc(Nc2ncc3c(n2)-c2ccc(I)cc2NC(=O)C3)cc1OC.[C-]#[N+]c1ccc2c(c1)NC(=O)Cc1cnc(Nc3ccc(OC)c(OC)c3)nc1-2. The summed E-state index contributed by atoms with van der Waals surface area (Å²) in [6.07, 6.45) is 3.73. The molecule has 0 atom stereocenters. The van der Waals surface area contributed by atoms with Crippen molar-refractivity contribution in [2.24, 2.45) is 0 Å². The van der Waals surface area contributed by atoms with Crippen molar-refractivity contribution < 1.29 is 28.5 Å². The summed E-state index contributed by atoms with van der Waals surface area (Å²) in [6, 6.07) is 21.9. The number of nitrogens with zero attached hydrogens (tertiary/aromatic N) is 5. The van der Waals surface area contributed by atoms with Crippen molar-refractivity contribution in [3.8, 4) is 45.5 Å². The topological polar surface area (TPSA) is 175 Å². The van der Waals surface area contributed by atoms with Gasteiger partial charge in [0.2, 0.25) is 23.7 Å². The van der Waals surface area contributed by atoms with E-state index < -0.39 is 0 Å². The fourth-order valence-electron chi connectivity index (χ4n) is 6.22. The average molecular weight is 908 g/mol. The van der Waals surface area contributed by atoms with Crippen molar-refractivity contribution in [3.63, 3.8) is 0 Å². The first-order valence-corrected chi connectivity index (χ1v) is 18.4. The quantitative estimate of drug-likeness (QED) is 0.0843. The van der Waals surface area contributed by atoms with Crippen LogP contribution in [0, 0.1) is 10.1 Å². The van der Waals surface area contributed by atoms with Gasteiger partial charge in [-0.1, -0.05) is 27.0 Å². The Morgan fingerprint density at radius 2 is 1.08 bits per heavy atom. The van der Waals surface area contributed by atoms with Crippen LogP contribution in [0.5, 0.6) is 23.0 Å². The highest BCUT2D eigenvalue weighted by atomic mass is 127. The van der Waals surface area contributed by atoms with E-state index in [4.69, 9.17) is 25.5 Å². The molecule has 2 aromatic heterocycles. The third kappa shape index (κ3) is 9.59. The summed E-state index contributed by atoms with van der Waals surface area (Å²) in [5.74, 6) is 3.02. The first kappa shape index (κ1) is 43.1. The van der Waals surface area contributed by atoms with Crippen LogP contribution < -0.4 is 40.2 Å². The molecule has 2 aliphatic heterocycles. The van der Waals surface area contributed by atoms with E-state index in [-0.39, 0.29) is 39.5 Å². The van der Waals surface area contributed by atoms with Gasteiger partial charge in [-0.25, -0.2) is 24.8 Å². The summed E-state index contributed by atoms with van der Waals surface area (Å²) in [7, 11) is 6.32.